The molecule has 0 bridgehead atoms. The molecule has 1 saturated carbocycles. The highest BCUT2D eigenvalue weighted by Crippen LogP contribution is 2.29. The summed E-state index contributed by atoms with van der Waals surface area (Å²) in [5.74, 6) is -0.626. The number of amides is 2. The Morgan fingerprint density at radius 2 is 1.63 bits per heavy atom. The van der Waals surface area contributed by atoms with Crippen molar-refractivity contribution in [2.24, 2.45) is 0 Å². The van der Waals surface area contributed by atoms with Crippen LogP contribution in [-0.2, 0) is 9.84 Å². The van der Waals surface area contributed by atoms with E-state index in [1.165, 1.54) is 30.5 Å². The zero-order valence-electron chi connectivity index (χ0n) is 14.8. The van der Waals surface area contributed by atoms with Gasteiger partial charge in [-0.25, -0.2) is 8.42 Å². The lowest BCUT2D eigenvalue weighted by Crippen LogP contribution is -2.34. The van der Waals surface area contributed by atoms with Gasteiger partial charge in [-0.05, 0) is 43.2 Å². The Hall–Kier alpha value is -2.68. The van der Waals surface area contributed by atoms with Crippen LogP contribution < -0.4 is 10.6 Å². The van der Waals surface area contributed by atoms with E-state index >= 15 is 0 Å². The minimum absolute atomic E-state index is 0.251. The maximum Gasteiger partial charge on any atom is 0.269 e. The molecule has 0 aliphatic heterocycles. The monoisotopic (exact) mass is 390 g/mol. The molecule has 1 aliphatic rings. The van der Waals surface area contributed by atoms with Gasteiger partial charge in [-0.2, -0.15) is 5.10 Å². The van der Waals surface area contributed by atoms with Gasteiger partial charge < -0.3 is 10.6 Å². The quantitative estimate of drug-likeness (QED) is 0.615. The van der Waals surface area contributed by atoms with Crippen LogP contribution in [0.2, 0.25) is 0 Å². The van der Waals surface area contributed by atoms with Crippen molar-refractivity contribution in [1.82, 2.24) is 20.8 Å². The van der Waals surface area contributed by atoms with Crippen LogP contribution in [0.3, 0.4) is 0 Å². The van der Waals surface area contributed by atoms with Gasteiger partial charge in [0.15, 0.2) is 9.84 Å². The van der Waals surface area contributed by atoms with Gasteiger partial charge in [0.1, 0.15) is 5.69 Å². The molecule has 1 aromatic carbocycles. The Morgan fingerprint density at radius 1 is 1.00 bits per heavy atom. The molecule has 1 heterocycles. The topological polar surface area (TPSA) is 121 Å². The van der Waals surface area contributed by atoms with Gasteiger partial charge in [0.2, 0.25) is 0 Å². The number of carbonyl (C=O) groups is 2. The summed E-state index contributed by atoms with van der Waals surface area (Å²) in [5, 5.41) is 11.3. The number of carbonyl (C=O) groups excluding carboxylic acids is 2. The van der Waals surface area contributed by atoms with Gasteiger partial charge in [0, 0.05) is 24.8 Å². The van der Waals surface area contributed by atoms with Crippen LogP contribution in [0.4, 0.5) is 0 Å². The van der Waals surface area contributed by atoms with Crippen molar-refractivity contribution < 1.29 is 18.0 Å². The van der Waals surface area contributed by atoms with Crippen LogP contribution in [-0.4, -0.2) is 48.8 Å². The third kappa shape index (κ3) is 4.54. The van der Waals surface area contributed by atoms with Crippen LogP contribution in [0.5, 0.6) is 0 Å². The molecule has 9 heteroatoms. The van der Waals surface area contributed by atoms with E-state index in [1.807, 2.05) is 0 Å². The van der Waals surface area contributed by atoms with E-state index in [9.17, 15) is 18.0 Å². The maximum absolute atomic E-state index is 12.5. The van der Waals surface area contributed by atoms with Crippen molar-refractivity contribution >= 4 is 21.7 Å². The van der Waals surface area contributed by atoms with Crippen molar-refractivity contribution in [2.75, 3.05) is 13.1 Å². The van der Waals surface area contributed by atoms with Crippen molar-refractivity contribution in [2.45, 2.75) is 35.8 Å². The van der Waals surface area contributed by atoms with E-state index < -0.39 is 9.84 Å². The standard InChI is InChI=1S/C18H22N4O4S/c23-17(19-11-12-20-18(24)16-9-10-21-22-16)13-5-7-15(8-6-13)27(25,26)14-3-1-2-4-14/h5-10,14H,1-4,11-12H2,(H,19,23)(H,20,24)(H,21,22). The molecule has 8 nitrogen and oxygen atoms in total. The van der Waals surface area contributed by atoms with Gasteiger partial charge in [-0.15, -0.1) is 0 Å². The molecule has 2 aromatic rings. The lowest BCUT2D eigenvalue weighted by Gasteiger charge is -2.11. The van der Waals surface area contributed by atoms with Crippen LogP contribution in [0.25, 0.3) is 0 Å². The highest BCUT2D eigenvalue weighted by Gasteiger charge is 2.30. The van der Waals surface area contributed by atoms with E-state index in [-0.39, 0.29) is 35.0 Å². The Labute approximate surface area is 157 Å². The van der Waals surface area contributed by atoms with Gasteiger partial charge >= 0.3 is 0 Å². The molecular weight excluding hydrogens is 368 g/mol. The predicted molar refractivity (Wildman–Crippen MR) is 99.1 cm³/mol. The van der Waals surface area contributed by atoms with E-state index in [2.05, 4.69) is 20.8 Å². The van der Waals surface area contributed by atoms with E-state index in [0.717, 1.165) is 12.8 Å². The second-order valence-corrected chi connectivity index (χ2v) is 8.69. The zero-order valence-corrected chi connectivity index (χ0v) is 15.6. The molecule has 144 valence electrons. The molecular formula is C18H22N4O4S. The molecule has 0 atom stereocenters. The highest BCUT2D eigenvalue weighted by molar-refractivity contribution is 7.92. The molecule has 3 N–H and O–H groups in total. The van der Waals surface area contributed by atoms with Gasteiger partial charge in [0.25, 0.3) is 11.8 Å². The van der Waals surface area contributed by atoms with E-state index in [0.29, 0.717) is 24.1 Å². The number of nitrogens with zero attached hydrogens (tertiary/aromatic N) is 1. The lowest BCUT2D eigenvalue weighted by atomic mass is 10.2. The minimum atomic E-state index is -3.32. The van der Waals surface area contributed by atoms with Crippen molar-refractivity contribution in [3.63, 3.8) is 0 Å². The first-order valence-electron chi connectivity index (χ1n) is 8.88. The first kappa shape index (κ1) is 19.1. The summed E-state index contributed by atoms with van der Waals surface area (Å²) >= 11 is 0. The molecule has 27 heavy (non-hydrogen) atoms. The lowest BCUT2D eigenvalue weighted by molar-refractivity contribution is 0.0925. The van der Waals surface area contributed by atoms with Gasteiger partial charge in [-0.1, -0.05) is 12.8 Å². The summed E-state index contributed by atoms with van der Waals surface area (Å²) in [7, 11) is -3.32. The predicted octanol–water partition coefficient (Wildman–Crippen LogP) is 1.29. The normalized spacial score (nSPS) is 14.8. The molecule has 1 fully saturated rings. The fourth-order valence-electron chi connectivity index (χ4n) is 3.12. The van der Waals surface area contributed by atoms with E-state index in [1.54, 1.807) is 6.07 Å². The fraction of sp³-hybridized carbons (Fsp3) is 0.389. The third-order valence-electron chi connectivity index (χ3n) is 4.63. The summed E-state index contributed by atoms with van der Waals surface area (Å²) in [6.45, 7) is 0.512. The Bertz CT molecular complexity index is 886. The summed E-state index contributed by atoms with van der Waals surface area (Å²) < 4.78 is 25.1. The fourth-order valence-corrected chi connectivity index (χ4v) is 4.97. The number of nitrogens with one attached hydrogen (secondary N) is 3. The average molecular weight is 390 g/mol. The SMILES string of the molecule is O=C(NCCNC(=O)c1ccn[nH]1)c1ccc(S(=O)(=O)C2CCCC2)cc1. The molecule has 0 unspecified atom stereocenters. The summed E-state index contributed by atoms with van der Waals surface area (Å²) in [6.07, 6.45) is 4.78. The number of sulfone groups is 1. The summed E-state index contributed by atoms with van der Waals surface area (Å²) in [4.78, 5) is 24.1. The second kappa shape index (κ2) is 8.34. The van der Waals surface area contributed by atoms with Crippen molar-refractivity contribution in [3.05, 3.63) is 47.8 Å². The van der Waals surface area contributed by atoms with Gasteiger partial charge in [-0.3, -0.25) is 14.7 Å². The van der Waals surface area contributed by atoms with Crippen molar-refractivity contribution in [1.29, 1.82) is 0 Å². The average Bonchev–Trinajstić information content (AvgIpc) is 3.39. The first-order valence-corrected chi connectivity index (χ1v) is 10.4. The molecule has 0 spiro atoms. The van der Waals surface area contributed by atoms with Crippen LogP contribution >= 0.6 is 0 Å². The molecule has 3 rings (SSSR count). The Kier molecular flexibility index (Phi) is 5.90. The number of H-pyrrole nitrogens is 1. The Balaban J connectivity index is 1.49. The second-order valence-electron chi connectivity index (χ2n) is 6.46. The molecule has 2 amide bonds. The highest BCUT2D eigenvalue weighted by atomic mass is 32.2. The summed E-state index contributed by atoms with van der Waals surface area (Å²) in [6, 6.07) is 7.56. The third-order valence-corrected chi connectivity index (χ3v) is 6.91. The van der Waals surface area contributed by atoms with Crippen LogP contribution in [0, 0.1) is 0 Å². The minimum Gasteiger partial charge on any atom is -0.350 e. The van der Waals surface area contributed by atoms with E-state index in [4.69, 9.17) is 0 Å². The number of hydrogen-bond donors (Lipinski definition) is 3. The van der Waals surface area contributed by atoms with Crippen LogP contribution in [0.1, 0.15) is 46.5 Å². The largest absolute Gasteiger partial charge is 0.350 e. The number of aromatic nitrogens is 2. The number of hydrogen-bond acceptors (Lipinski definition) is 5. The number of benzene rings is 1. The number of rotatable bonds is 7. The zero-order chi connectivity index (χ0) is 19.3. The van der Waals surface area contributed by atoms with Crippen molar-refractivity contribution in [3.8, 4) is 0 Å². The molecule has 1 aliphatic carbocycles. The maximum atomic E-state index is 12.5. The number of aromatic amines is 1. The molecule has 0 saturated heterocycles. The smallest absolute Gasteiger partial charge is 0.269 e. The molecule has 1 aromatic heterocycles. The first-order chi connectivity index (χ1) is 13.0. The molecule has 0 radical (unpaired) electrons. The Morgan fingerprint density at radius 3 is 2.22 bits per heavy atom. The van der Waals surface area contributed by atoms with Gasteiger partial charge in [0.05, 0.1) is 10.1 Å². The summed E-state index contributed by atoms with van der Waals surface area (Å²) in [5.41, 5.74) is 0.723. The van der Waals surface area contributed by atoms with Crippen LogP contribution in [0.15, 0.2) is 41.4 Å².